The molecule has 0 saturated carbocycles. The summed E-state index contributed by atoms with van der Waals surface area (Å²) in [6.45, 7) is 5.81. The molecule has 2 aromatic rings. The summed E-state index contributed by atoms with van der Waals surface area (Å²) in [6, 6.07) is 12.3. The van der Waals surface area contributed by atoms with Crippen LogP contribution < -0.4 is 15.5 Å². The number of hydrogen-bond donors (Lipinski definition) is 2. The van der Waals surface area contributed by atoms with Crippen molar-refractivity contribution >= 4 is 23.4 Å². The molecule has 1 saturated heterocycles. The van der Waals surface area contributed by atoms with Gasteiger partial charge in [0.05, 0.1) is 11.6 Å². The molecule has 0 radical (unpaired) electrons. The highest BCUT2D eigenvalue weighted by Crippen LogP contribution is 2.25. The second kappa shape index (κ2) is 10.3. The van der Waals surface area contributed by atoms with Crippen LogP contribution in [-0.4, -0.2) is 43.7 Å². The lowest BCUT2D eigenvalue weighted by atomic mass is 10.1. The summed E-state index contributed by atoms with van der Waals surface area (Å²) in [4.78, 5) is 11.0. The quantitative estimate of drug-likeness (QED) is 0.551. The molecule has 3 rings (SSSR count). The van der Waals surface area contributed by atoms with Crippen molar-refractivity contribution < 1.29 is 4.74 Å². The van der Waals surface area contributed by atoms with Crippen LogP contribution in [0.2, 0.25) is 5.02 Å². The Hall–Kier alpha value is -2.31. The Kier molecular flexibility index (Phi) is 7.51. The summed E-state index contributed by atoms with van der Waals surface area (Å²) >= 11 is 6.28. The average molecular weight is 402 g/mol. The summed E-state index contributed by atoms with van der Waals surface area (Å²) in [6.07, 6.45) is 2.79. The zero-order chi connectivity index (χ0) is 19.8. The van der Waals surface area contributed by atoms with E-state index in [-0.39, 0.29) is 0 Å². The van der Waals surface area contributed by atoms with Crippen molar-refractivity contribution in [3.63, 3.8) is 0 Å². The first-order valence-electron chi connectivity index (χ1n) is 9.68. The standard InChI is InChI=1S/C21H28ClN5O/c1-3-28-15-17-8-5-4-7-16(17)13-25-21(23-2)26-18-10-12-27(14-18)20-19(22)9-6-11-24-20/h4-9,11,18H,3,10,12-15H2,1-2H3,(H2,23,25,26). The first-order chi connectivity index (χ1) is 13.7. The third kappa shape index (κ3) is 5.36. The van der Waals surface area contributed by atoms with E-state index in [1.807, 2.05) is 31.2 Å². The van der Waals surface area contributed by atoms with E-state index in [1.54, 1.807) is 13.2 Å². The maximum Gasteiger partial charge on any atom is 0.191 e. The minimum atomic E-state index is 0.294. The number of nitrogens with one attached hydrogen (secondary N) is 2. The van der Waals surface area contributed by atoms with Gasteiger partial charge in [-0.3, -0.25) is 4.99 Å². The first-order valence-corrected chi connectivity index (χ1v) is 10.1. The van der Waals surface area contributed by atoms with Gasteiger partial charge in [0.15, 0.2) is 5.96 Å². The lowest BCUT2D eigenvalue weighted by molar-refractivity contribution is 0.133. The number of aromatic nitrogens is 1. The van der Waals surface area contributed by atoms with Crippen LogP contribution in [0.25, 0.3) is 0 Å². The number of rotatable bonds is 7. The van der Waals surface area contributed by atoms with E-state index in [4.69, 9.17) is 16.3 Å². The van der Waals surface area contributed by atoms with Crippen LogP contribution in [0.1, 0.15) is 24.5 Å². The molecular formula is C21H28ClN5O. The summed E-state index contributed by atoms with van der Waals surface area (Å²) in [5.74, 6) is 1.64. The van der Waals surface area contributed by atoms with E-state index in [2.05, 4.69) is 37.6 Å². The fraction of sp³-hybridized carbons (Fsp3) is 0.429. The molecule has 0 amide bonds. The topological polar surface area (TPSA) is 61.8 Å². The second-order valence-electron chi connectivity index (χ2n) is 6.72. The van der Waals surface area contributed by atoms with Crippen LogP contribution in [0.15, 0.2) is 47.6 Å². The number of benzene rings is 1. The number of pyridine rings is 1. The highest BCUT2D eigenvalue weighted by molar-refractivity contribution is 6.32. The van der Waals surface area contributed by atoms with Gasteiger partial charge in [-0.2, -0.15) is 0 Å². The molecule has 2 N–H and O–H groups in total. The van der Waals surface area contributed by atoms with Crippen molar-refractivity contribution in [1.82, 2.24) is 15.6 Å². The number of halogens is 1. The summed E-state index contributed by atoms with van der Waals surface area (Å²) < 4.78 is 5.57. The van der Waals surface area contributed by atoms with E-state index >= 15 is 0 Å². The molecule has 1 atom stereocenters. The predicted molar refractivity (Wildman–Crippen MR) is 115 cm³/mol. The molecule has 1 aromatic carbocycles. The monoisotopic (exact) mass is 401 g/mol. The van der Waals surface area contributed by atoms with Gasteiger partial charge in [0, 0.05) is 45.5 Å². The normalized spacial score (nSPS) is 17.0. The Morgan fingerprint density at radius 2 is 2.11 bits per heavy atom. The highest BCUT2D eigenvalue weighted by Gasteiger charge is 2.25. The Morgan fingerprint density at radius 1 is 1.29 bits per heavy atom. The van der Waals surface area contributed by atoms with Crippen LogP contribution in [0.5, 0.6) is 0 Å². The van der Waals surface area contributed by atoms with E-state index in [1.165, 1.54) is 11.1 Å². The number of guanidine groups is 1. The van der Waals surface area contributed by atoms with Gasteiger partial charge in [0.2, 0.25) is 0 Å². The molecule has 0 bridgehead atoms. The van der Waals surface area contributed by atoms with Crippen LogP contribution in [0, 0.1) is 0 Å². The van der Waals surface area contributed by atoms with Crippen molar-refractivity contribution in [2.45, 2.75) is 32.5 Å². The molecule has 0 spiro atoms. The molecule has 150 valence electrons. The van der Waals surface area contributed by atoms with Crippen LogP contribution in [0.3, 0.4) is 0 Å². The number of hydrogen-bond acceptors (Lipinski definition) is 4. The molecule has 2 heterocycles. The maximum absolute atomic E-state index is 6.28. The summed E-state index contributed by atoms with van der Waals surface area (Å²) in [5.41, 5.74) is 2.41. The SMILES string of the molecule is CCOCc1ccccc1CNC(=NC)NC1CCN(c2ncccc2Cl)C1. The zero-order valence-corrected chi connectivity index (χ0v) is 17.2. The van der Waals surface area contributed by atoms with Gasteiger partial charge in [0.25, 0.3) is 0 Å². The Labute approximate surface area is 172 Å². The third-order valence-corrected chi connectivity index (χ3v) is 5.11. The molecule has 1 unspecified atom stereocenters. The van der Waals surface area contributed by atoms with Crippen molar-refractivity contribution in [3.05, 3.63) is 58.7 Å². The van der Waals surface area contributed by atoms with Gasteiger partial charge in [-0.05, 0) is 36.6 Å². The minimum absolute atomic E-state index is 0.294. The van der Waals surface area contributed by atoms with Crippen molar-refractivity contribution in [2.75, 3.05) is 31.6 Å². The largest absolute Gasteiger partial charge is 0.377 e. The molecule has 1 fully saturated rings. The van der Waals surface area contributed by atoms with Crippen LogP contribution in [-0.2, 0) is 17.9 Å². The zero-order valence-electron chi connectivity index (χ0n) is 16.5. The van der Waals surface area contributed by atoms with E-state index in [9.17, 15) is 0 Å². The number of aliphatic imine (C=N–C) groups is 1. The molecule has 28 heavy (non-hydrogen) atoms. The number of anilines is 1. The lowest BCUT2D eigenvalue weighted by Gasteiger charge is -2.20. The maximum atomic E-state index is 6.28. The van der Waals surface area contributed by atoms with Crippen molar-refractivity contribution in [1.29, 1.82) is 0 Å². The number of nitrogens with zero attached hydrogens (tertiary/aromatic N) is 3. The molecule has 1 aliphatic heterocycles. The summed E-state index contributed by atoms with van der Waals surface area (Å²) in [7, 11) is 1.80. The Balaban J connectivity index is 1.54. The molecule has 1 aromatic heterocycles. The van der Waals surface area contributed by atoms with Crippen LogP contribution in [0.4, 0.5) is 5.82 Å². The number of ether oxygens (including phenoxy) is 1. The van der Waals surface area contributed by atoms with E-state index in [0.717, 1.165) is 31.3 Å². The van der Waals surface area contributed by atoms with Gasteiger partial charge >= 0.3 is 0 Å². The van der Waals surface area contributed by atoms with Gasteiger partial charge in [0.1, 0.15) is 5.82 Å². The van der Waals surface area contributed by atoms with Gasteiger partial charge in [-0.1, -0.05) is 35.9 Å². The molecule has 6 nitrogen and oxygen atoms in total. The predicted octanol–water partition coefficient (Wildman–Crippen LogP) is 3.22. The van der Waals surface area contributed by atoms with Gasteiger partial charge < -0.3 is 20.3 Å². The molecule has 0 aliphatic carbocycles. The minimum Gasteiger partial charge on any atom is -0.377 e. The average Bonchev–Trinajstić information content (AvgIpc) is 3.18. The van der Waals surface area contributed by atoms with Crippen LogP contribution >= 0.6 is 11.6 Å². The fourth-order valence-corrected chi connectivity index (χ4v) is 3.57. The van der Waals surface area contributed by atoms with E-state index < -0.39 is 0 Å². The molecular weight excluding hydrogens is 374 g/mol. The molecule has 7 heteroatoms. The van der Waals surface area contributed by atoms with E-state index in [0.29, 0.717) is 30.8 Å². The van der Waals surface area contributed by atoms with Crippen molar-refractivity contribution in [3.8, 4) is 0 Å². The summed E-state index contributed by atoms with van der Waals surface area (Å²) in [5, 5.41) is 7.62. The second-order valence-corrected chi connectivity index (χ2v) is 7.12. The Morgan fingerprint density at radius 3 is 2.86 bits per heavy atom. The van der Waals surface area contributed by atoms with Crippen molar-refractivity contribution in [2.24, 2.45) is 4.99 Å². The fourth-order valence-electron chi connectivity index (χ4n) is 3.33. The highest BCUT2D eigenvalue weighted by atomic mass is 35.5. The Bertz CT molecular complexity index is 798. The lowest BCUT2D eigenvalue weighted by Crippen LogP contribution is -2.44. The molecule has 1 aliphatic rings. The van der Waals surface area contributed by atoms with Gasteiger partial charge in [-0.15, -0.1) is 0 Å². The third-order valence-electron chi connectivity index (χ3n) is 4.82. The smallest absolute Gasteiger partial charge is 0.191 e. The first kappa shape index (κ1) is 20.4. The van der Waals surface area contributed by atoms with Gasteiger partial charge in [-0.25, -0.2) is 4.98 Å².